The second-order valence-electron chi connectivity index (χ2n) is 3.29. The molecule has 94 valence electrons. The summed E-state index contributed by atoms with van der Waals surface area (Å²) in [4.78, 5) is 22.1. The van der Waals surface area contributed by atoms with Crippen LogP contribution in [0.15, 0.2) is 0 Å². The molecule has 0 aliphatic carbocycles. The minimum atomic E-state index is -3.69. The van der Waals surface area contributed by atoms with E-state index in [0.29, 0.717) is 0 Å². The predicted molar refractivity (Wildman–Crippen MR) is 60.6 cm³/mol. The van der Waals surface area contributed by atoms with Gasteiger partial charge in [-0.2, -0.15) is 8.78 Å². The van der Waals surface area contributed by atoms with Crippen LogP contribution in [0, 0.1) is 0 Å². The highest BCUT2D eigenvalue weighted by atomic mass is 127. The Morgan fingerprint density at radius 1 is 1.31 bits per heavy atom. The molecule has 0 aliphatic heterocycles. The fourth-order valence-electron chi connectivity index (χ4n) is 1.01. The molecule has 4 nitrogen and oxygen atoms in total. The molecule has 0 saturated heterocycles. The van der Waals surface area contributed by atoms with Crippen LogP contribution >= 0.6 is 22.6 Å². The zero-order valence-corrected chi connectivity index (χ0v) is 11.3. The lowest BCUT2D eigenvalue weighted by Gasteiger charge is -2.24. The number of alkyl halides is 3. The number of rotatable bonds is 5. The van der Waals surface area contributed by atoms with Crippen LogP contribution in [0.3, 0.4) is 0 Å². The zero-order valence-electron chi connectivity index (χ0n) is 9.18. The van der Waals surface area contributed by atoms with E-state index < -0.39 is 27.7 Å². The van der Waals surface area contributed by atoms with E-state index >= 15 is 0 Å². The molecule has 1 atom stereocenters. The summed E-state index contributed by atoms with van der Waals surface area (Å²) >= 11 is 1.53. The molecule has 0 fully saturated rings. The van der Waals surface area contributed by atoms with Crippen molar-refractivity contribution in [2.24, 2.45) is 0 Å². The Morgan fingerprint density at radius 2 is 1.81 bits per heavy atom. The van der Waals surface area contributed by atoms with Crippen molar-refractivity contribution >= 4 is 34.5 Å². The summed E-state index contributed by atoms with van der Waals surface area (Å²) < 4.78 is 33.7. The first kappa shape index (κ1) is 15.5. The number of halogens is 3. The molecule has 16 heavy (non-hydrogen) atoms. The van der Waals surface area contributed by atoms with Gasteiger partial charge in [-0.15, -0.1) is 0 Å². The summed E-state index contributed by atoms with van der Waals surface area (Å²) in [5.74, 6) is -6.13. The second-order valence-corrected chi connectivity index (χ2v) is 5.67. The molecule has 0 saturated carbocycles. The van der Waals surface area contributed by atoms with Crippen LogP contribution in [0.2, 0.25) is 0 Å². The van der Waals surface area contributed by atoms with Crippen LogP contribution in [0.5, 0.6) is 0 Å². The zero-order chi connectivity index (χ0) is 13.0. The van der Waals surface area contributed by atoms with E-state index in [2.05, 4.69) is 9.47 Å². The average molecular weight is 350 g/mol. The summed E-state index contributed by atoms with van der Waals surface area (Å²) in [7, 11) is 1.10. The van der Waals surface area contributed by atoms with Crippen molar-refractivity contribution in [2.75, 3.05) is 13.7 Å². The molecular weight excluding hydrogens is 337 g/mol. The highest BCUT2D eigenvalue weighted by Gasteiger charge is 2.49. The van der Waals surface area contributed by atoms with Crippen LogP contribution in [-0.2, 0) is 19.1 Å². The average Bonchev–Trinajstić information content (AvgIpc) is 2.15. The normalized spacial score (nSPS) is 15.1. The summed E-state index contributed by atoms with van der Waals surface area (Å²) in [5.41, 5.74) is 0. The number of ether oxygens (including phenoxy) is 2. The lowest BCUT2D eigenvalue weighted by Crippen LogP contribution is -2.41. The summed E-state index contributed by atoms with van der Waals surface area (Å²) in [6.07, 6.45) is -0.952. The van der Waals surface area contributed by atoms with Crippen LogP contribution in [0.1, 0.15) is 20.3 Å². The van der Waals surface area contributed by atoms with Crippen molar-refractivity contribution in [1.29, 1.82) is 0 Å². The number of methoxy groups -OCH3 is 1. The third-order valence-electron chi connectivity index (χ3n) is 1.74. The number of carbonyl (C=O) groups excluding carboxylic acids is 2. The first-order valence-corrected chi connectivity index (χ1v) is 5.57. The van der Waals surface area contributed by atoms with Gasteiger partial charge in [0.15, 0.2) is 0 Å². The Kier molecular flexibility index (Phi) is 5.57. The van der Waals surface area contributed by atoms with Gasteiger partial charge in [0.05, 0.1) is 13.7 Å². The maximum absolute atomic E-state index is 13.3. The first-order chi connectivity index (χ1) is 7.17. The SMILES string of the molecule is CCOC(=O)C(F)(F)CC(C)(I)C(=O)OC. The third kappa shape index (κ3) is 4.18. The van der Waals surface area contributed by atoms with Gasteiger partial charge >= 0.3 is 17.9 Å². The van der Waals surface area contributed by atoms with Crippen molar-refractivity contribution in [1.82, 2.24) is 0 Å². The van der Waals surface area contributed by atoms with E-state index in [9.17, 15) is 18.4 Å². The molecule has 0 rings (SSSR count). The molecule has 0 amide bonds. The van der Waals surface area contributed by atoms with Crippen molar-refractivity contribution in [2.45, 2.75) is 29.6 Å². The lowest BCUT2D eigenvalue weighted by molar-refractivity contribution is -0.174. The van der Waals surface area contributed by atoms with Gasteiger partial charge in [-0.3, -0.25) is 4.79 Å². The highest BCUT2D eigenvalue weighted by Crippen LogP contribution is 2.34. The van der Waals surface area contributed by atoms with Crippen LogP contribution in [0.4, 0.5) is 8.78 Å². The largest absolute Gasteiger partial charge is 0.468 e. The van der Waals surface area contributed by atoms with E-state index in [1.807, 2.05) is 0 Å². The molecule has 0 aromatic rings. The van der Waals surface area contributed by atoms with Crippen molar-refractivity contribution in [3.8, 4) is 0 Å². The maximum Gasteiger partial charge on any atom is 0.377 e. The van der Waals surface area contributed by atoms with Crippen molar-refractivity contribution in [3.05, 3.63) is 0 Å². The number of carbonyl (C=O) groups is 2. The lowest BCUT2D eigenvalue weighted by atomic mass is 10.0. The molecular formula is C9H13F2IO4. The Morgan fingerprint density at radius 3 is 2.19 bits per heavy atom. The smallest absolute Gasteiger partial charge is 0.377 e. The highest BCUT2D eigenvalue weighted by molar-refractivity contribution is 14.1. The van der Waals surface area contributed by atoms with E-state index in [4.69, 9.17) is 0 Å². The Bertz CT molecular complexity index is 279. The Labute approximate surface area is 106 Å². The van der Waals surface area contributed by atoms with Crippen molar-refractivity contribution in [3.63, 3.8) is 0 Å². The van der Waals surface area contributed by atoms with E-state index in [-0.39, 0.29) is 6.61 Å². The minimum absolute atomic E-state index is 0.134. The molecule has 0 aromatic heterocycles. The van der Waals surface area contributed by atoms with E-state index in [1.54, 1.807) is 0 Å². The van der Waals surface area contributed by atoms with Crippen LogP contribution < -0.4 is 0 Å². The quantitative estimate of drug-likeness (QED) is 0.432. The summed E-state index contributed by atoms with van der Waals surface area (Å²) in [5, 5.41) is 0. The topological polar surface area (TPSA) is 52.6 Å². The Balaban J connectivity index is 4.69. The van der Waals surface area contributed by atoms with Gasteiger partial charge < -0.3 is 9.47 Å². The van der Waals surface area contributed by atoms with Gasteiger partial charge in [0.25, 0.3) is 0 Å². The molecule has 0 spiro atoms. The molecule has 0 bridgehead atoms. The minimum Gasteiger partial charge on any atom is -0.468 e. The maximum atomic E-state index is 13.3. The number of hydrogen-bond donors (Lipinski definition) is 0. The van der Waals surface area contributed by atoms with E-state index in [0.717, 1.165) is 7.11 Å². The number of hydrogen-bond acceptors (Lipinski definition) is 4. The fraction of sp³-hybridized carbons (Fsp3) is 0.778. The van der Waals surface area contributed by atoms with Gasteiger partial charge in [-0.25, -0.2) is 4.79 Å². The molecule has 0 radical (unpaired) electrons. The monoisotopic (exact) mass is 350 g/mol. The third-order valence-corrected chi connectivity index (χ3v) is 2.56. The number of esters is 2. The molecule has 0 aliphatic rings. The first-order valence-electron chi connectivity index (χ1n) is 4.49. The van der Waals surface area contributed by atoms with Gasteiger partial charge in [0, 0.05) is 6.42 Å². The van der Waals surface area contributed by atoms with Crippen LogP contribution in [-0.4, -0.2) is 35.0 Å². The molecule has 0 aromatic carbocycles. The predicted octanol–water partition coefficient (Wildman–Crippen LogP) is 1.94. The molecule has 1 unspecified atom stereocenters. The summed E-state index contributed by atoms with van der Waals surface area (Å²) in [6.45, 7) is 2.56. The molecule has 0 heterocycles. The van der Waals surface area contributed by atoms with Gasteiger partial charge in [0.1, 0.15) is 3.42 Å². The van der Waals surface area contributed by atoms with Gasteiger partial charge in [-0.1, -0.05) is 22.6 Å². The van der Waals surface area contributed by atoms with E-state index in [1.165, 1.54) is 36.4 Å². The van der Waals surface area contributed by atoms with Gasteiger partial charge in [0.2, 0.25) is 0 Å². The van der Waals surface area contributed by atoms with Crippen LogP contribution in [0.25, 0.3) is 0 Å². The Hall–Kier alpha value is -0.470. The standard InChI is InChI=1S/C9H13F2IO4/c1-4-16-7(14)9(10,11)5-8(2,12)6(13)15-3/h4-5H2,1-3H3. The van der Waals surface area contributed by atoms with Gasteiger partial charge in [-0.05, 0) is 13.8 Å². The fourth-order valence-corrected chi connectivity index (χ4v) is 1.71. The molecule has 7 heteroatoms. The van der Waals surface area contributed by atoms with Crippen molar-refractivity contribution < 1.29 is 27.8 Å². The second kappa shape index (κ2) is 5.74. The summed E-state index contributed by atoms with van der Waals surface area (Å²) in [6, 6.07) is 0. The molecule has 0 N–H and O–H groups in total.